The van der Waals surface area contributed by atoms with Gasteiger partial charge in [0.2, 0.25) is 5.91 Å². The molecule has 9 heteroatoms. The van der Waals surface area contributed by atoms with E-state index >= 15 is 0 Å². The molecule has 1 aromatic carbocycles. The quantitative estimate of drug-likeness (QED) is 0.340. The summed E-state index contributed by atoms with van der Waals surface area (Å²) in [6, 6.07) is 4.84. The van der Waals surface area contributed by atoms with E-state index in [9.17, 15) is 18.0 Å². The van der Waals surface area contributed by atoms with Crippen LogP contribution in [0.3, 0.4) is 0 Å². The van der Waals surface area contributed by atoms with Crippen LogP contribution in [-0.4, -0.2) is 30.5 Å². The second kappa shape index (κ2) is 10.6. The van der Waals surface area contributed by atoms with Crippen LogP contribution in [0.2, 0.25) is 0 Å². The smallest absolute Gasteiger partial charge is 0.357 e. The molecule has 0 aliphatic carbocycles. The number of benzene rings is 1. The van der Waals surface area contributed by atoms with Crippen molar-refractivity contribution < 1.29 is 18.0 Å². The lowest BCUT2D eigenvalue weighted by Gasteiger charge is -2.21. The maximum absolute atomic E-state index is 12.5. The number of carbonyl (C=O) groups excluding carboxylic acids is 1. The Morgan fingerprint density at radius 2 is 1.65 bits per heavy atom. The molecule has 0 unspecified atom stereocenters. The zero-order valence-corrected chi connectivity index (χ0v) is 17.7. The van der Waals surface area contributed by atoms with Crippen molar-refractivity contribution in [3.8, 4) is 0 Å². The average Bonchev–Trinajstić information content (AvgIpc) is 2.48. The van der Waals surface area contributed by atoms with Crippen LogP contribution in [0.15, 0.2) is 29.3 Å². The summed E-state index contributed by atoms with van der Waals surface area (Å²) < 4.78 is 37.6. The zero-order valence-electron chi connectivity index (χ0n) is 15.3. The fourth-order valence-electron chi connectivity index (χ4n) is 1.94. The summed E-state index contributed by atoms with van der Waals surface area (Å²) in [6.07, 6.45) is -4.35. The summed E-state index contributed by atoms with van der Waals surface area (Å²) in [5.74, 6) is 0.249. The first-order valence-corrected chi connectivity index (χ1v) is 8.00. The summed E-state index contributed by atoms with van der Waals surface area (Å²) in [6.45, 7) is 8.38. The Balaban J connectivity index is 0.00000625. The molecule has 0 heterocycles. The van der Waals surface area contributed by atoms with E-state index in [4.69, 9.17) is 0 Å². The Morgan fingerprint density at radius 3 is 2.12 bits per heavy atom. The van der Waals surface area contributed by atoms with Crippen LogP contribution in [0.5, 0.6) is 0 Å². The maximum Gasteiger partial charge on any atom is 0.416 e. The van der Waals surface area contributed by atoms with E-state index in [-0.39, 0.29) is 48.5 Å². The van der Waals surface area contributed by atoms with Crippen molar-refractivity contribution in [3.63, 3.8) is 0 Å². The molecule has 0 aromatic heterocycles. The number of rotatable bonds is 5. The summed E-state index contributed by atoms with van der Waals surface area (Å²) in [5, 5.41) is 8.70. The molecule has 1 amide bonds. The fraction of sp³-hybridized carbons (Fsp3) is 0.529. The van der Waals surface area contributed by atoms with Crippen molar-refractivity contribution >= 4 is 35.8 Å². The first kappa shape index (κ1) is 24.5. The molecule has 0 radical (unpaired) electrons. The Hall–Kier alpha value is -1.52. The number of hydrogen-bond acceptors (Lipinski definition) is 2. The van der Waals surface area contributed by atoms with Crippen molar-refractivity contribution in [2.75, 3.05) is 13.1 Å². The SMILES string of the molecule is CCNC(=NCc1ccc(C(F)(F)F)cc1)NCC(=O)NC(C)(C)C.I. The molecule has 0 aliphatic rings. The average molecular weight is 486 g/mol. The van der Waals surface area contributed by atoms with Crippen LogP contribution in [0.25, 0.3) is 0 Å². The molecule has 0 atom stereocenters. The van der Waals surface area contributed by atoms with Crippen molar-refractivity contribution in [1.82, 2.24) is 16.0 Å². The first-order chi connectivity index (χ1) is 11.5. The number of alkyl halides is 3. The van der Waals surface area contributed by atoms with Crippen LogP contribution >= 0.6 is 24.0 Å². The van der Waals surface area contributed by atoms with Gasteiger partial charge in [-0.25, -0.2) is 4.99 Å². The van der Waals surface area contributed by atoms with E-state index < -0.39 is 11.7 Å². The molecule has 0 fully saturated rings. The van der Waals surface area contributed by atoms with Crippen LogP contribution in [0, 0.1) is 0 Å². The molecule has 148 valence electrons. The van der Waals surface area contributed by atoms with E-state index in [1.54, 1.807) is 0 Å². The zero-order chi connectivity index (χ0) is 19.1. The van der Waals surface area contributed by atoms with Gasteiger partial charge in [0, 0.05) is 12.1 Å². The number of halogens is 4. The predicted molar refractivity (Wildman–Crippen MR) is 108 cm³/mol. The van der Waals surface area contributed by atoms with Crippen molar-refractivity contribution in [3.05, 3.63) is 35.4 Å². The van der Waals surface area contributed by atoms with Gasteiger partial charge in [0.15, 0.2) is 5.96 Å². The molecule has 1 aromatic rings. The monoisotopic (exact) mass is 486 g/mol. The van der Waals surface area contributed by atoms with E-state index in [0.717, 1.165) is 12.1 Å². The van der Waals surface area contributed by atoms with Gasteiger partial charge in [0.25, 0.3) is 0 Å². The topological polar surface area (TPSA) is 65.5 Å². The van der Waals surface area contributed by atoms with E-state index in [0.29, 0.717) is 18.1 Å². The predicted octanol–water partition coefficient (Wildman–Crippen LogP) is 3.29. The van der Waals surface area contributed by atoms with Gasteiger partial charge in [0.1, 0.15) is 0 Å². The molecule has 0 bridgehead atoms. The lowest BCUT2D eigenvalue weighted by Crippen LogP contribution is -2.48. The van der Waals surface area contributed by atoms with Crippen LogP contribution in [-0.2, 0) is 17.5 Å². The van der Waals surface area contributed by atoms with Crippen LogP contribution < -0.4 is 16.0 Å². The first-order valence-electron chi connectivity index (χ1n) is 8.00. The van der Waals surface area contributed by atoms with Crippen molar-refractivity contribution in [2.45, 2.75) is 46.0 Å². The number of nitrogens with one attached hydrogen (secondary N) is 3. The van der Waals surface area contributed by atoms with Gasteiger partial charge in [-0.15, -0.1) is 24.0 Å². The normalized spacial score (nSPS) is 12.2. The van der Waals surface area contributed by atoms with E-state index in [1.165, 1.54) is 12.1 Å². The van der Waals surface area contributed by atoms with Gasteiger partial charge in [-0.05, 0) is 45.4 Å². The minimum absolute atomic E-state index is 0. The van der Waals surface area contributed by atoms with Gasteiger partial charge in [-0.3, -0.25) is 4.79 Å². The van der Waals surface area contributed by atoms with Gasteiger partial charge in [-0.2, -0.15) is 13.2 Å². The van der Waals surface area contributed by atoms with Crippen molar-refractivity contribution in [1.29, 1.82) is 0 Å². The Morgan fingerprint density at radius 1 is 1.08 bits per heavy atom. The van der Waals surface area contributed by atoms with Gasteiger partial charge in [-0.1, -0.05) is 12.1 Å². The molecular formula is C17H26F3IN4O. The Kier molecular flexibility index (Phi) is 9.97. The lowest BCUT2D eigenvalue weighted by atomic mass is 10.1. The minimum Gasteiger partial charge on any atom is -0.357 e. The third-order valence-electron chi connectivity index (χ3n) is 2.98. The van der Waals surface area contributed by atoms with Gasteiger partial charge < -0.3 is 16.0 Å². The second-order valence-electron chi connectivity index (χ2n) is 6.54. The third kappa shape index (κ3) is 9.83. The molecule has 5 nitrogen and oxygen atoms in total. The highest BCUT2D eigenvalue weighted by molar-refractivity contribution is 14.0. The highest BCUT2D eigenvalue weighted by atomic mass is 127. The summed E-state index contributed by atoms with van der Waals surface area (Å²) >= 11 is 0. The maximum atomic E-state index is 12.5. The fourth-order valence-corrected chi connectivity index (χ4v) is 1.94. The van der Waals surface area contributed by atoms with Crippen molar-refractivity contribution in [2.24, 2.45) is 4.99 Å². The molecule has 0 saturated carbocycles. The second-order valence-corrected chi connectivity index (χ2v) is 6.54. The number of aliphatic imine (C=N–C) groups is 1. The summed E-state index contributed by atoms with van der Waals surface area (Å²) in [4.78, 5) is 16.1. The highest BCUT2D eigenvalue weighted by Crippen LogP contribution is 2.29. The van der Waals surface area contributed by atoms with Gasteiger partial charge >= 0.3 is 6.18 Å². The molecule has 0 spiro atoms. The molecule has 3 N–H and O–H groups in total. The van der Waals surface area contributed by atoms with Crippen LogP contribution in [0.4, 0.5) is 13.2 Å². The Labute approximate surface area is 169 Å². The van der Waals surface area contributed by atoms with E-state index in [2.05, 4.69) is 20.9 Å². The number of guanidine groups is 1. The third-order valence-corrected chi connectivity index (χ3v) is 2.98. The van der Waals surface area contributed by atoms with Crippen LogP contribution in [0.1, 0.15) is 38.8 Å². The minimum atomic E-state index is -4.35. The standard InChI is InChI=1S/C17H25F3N4O.HI/c1-5-21-15(23-11-14(25)24-16(2,3)4)22-10-12-6-8-13(9-7-12)17(18,19)20;/h6-9H,5,10-11H2,1-4H3,(H,24,25)(H2,21,22,23);1H. The molecule has 26 heavy (non-hydrogen) atoms. The largest absolute Gasteiger partial charge is 0.416 e. The van der Waals surface area contributed by atoms with Gasteiger partial charge in [0.05, 0.1) is 18.7 Å². The van der Waals surface area contributed by atoms with E-state index in [1.807, 2.05) is 27.7 Å². The lowest BCUT2D eigenvalue weighted by molar-refractivity contribution is -0.137. The molecule has 1 rings (SSSR count). The number of carbonyl (C=O) groups is 1. The Bertz CT molecular complexity index is 596. The molecule has 0 saturated heterocycles. The number of hydrogen-bond donors (Lipinski definition) is 3. The highest BCUT2D eigenvalue weighted by Gasteiger charge is 2.29. The summed E-state index contributed by atoms with van der Waals surface area (Å²) in [5.41, 5.74) is -0.373. The number of nitrogens with zero attached hydrogens (tertiary/aromatic N) is 1. The molecule has 0 aliphatic heterocycles. The molecular weight excluding hydrogens is 460 g/mol. The summed E-state index contributed by atoms with van der Waals surface area (Å²) in [7, 11) is 0. The number of amides is 1.